The zero-order valence-corrected chi connectivity index (χ0v) is 22.0. The first-order valence-electron chi connectivity index (χ1n) is 11.6. The Morgan fingerprint density at radius 3 is 2.47 bits per heavy atom. The highest BCUT2D eigenvalue weighted by atomic mass is 32.2. The first-order chi connectivity index (χ1) is 16.9. The minimum Gasteiger partial charge on any atom is -0.491 e. The molecule has 36 heavy (non-hydrogen) atoms. The molecule has 0 unspecified atom stereocenters. The largest absolute Gasteiger partial charge is 0.491 e. The predicted molar refractivity (Wildman–Crippen MR) is 135 cm³/mol. The first-order valence-corrected chi connectivity index (χ1v) is 14.3. The summed E-state index contributed by atoms with van der Waals surface area (Å²) in [5.41, 5.74) is 0.223. The second-order valence-electron chi connectivity index (χ2n) is 9.58. The minimum atomic E-state index is -4.08. The molecule has 0 bridgehead atoms. The zero-order valence-electron chi connectivity index (χ0n) is 20.4. The third-order valence-corrected chi connectivity index (χ3v) is 9.59. The number of halogens is 2. The van der Waals surface area contributed by atoms with Crippen LogP contribution in [0.4, 0.5) is 20.2 Å². The third kappa shape index (κ3) is 5.33. The molecule has 1 saturated carbocycles. The number of nitrogens with zero attached hydrogens (tertiary/aromatic N) is 2. The number of ether oxygens (including phenoxy) is 1. The summed E-state index contributed by atoms with van der Waals surface area (Å²) in [6.07, 6.45) is 2.38. The van der Waals surface area contributed by atoms with Crippen molar-refractivity contribution < 1.29 is 31.8 Å². The molecule has 0 saturated heterocycles. The Labute approximate surface area is 214 Å². The molecule has 1 heterocycles. The van der Waals surface area contributed by atoms with E-state index in [1.54, 1.807) is 6.07 Å². The van der Waals surface area contributed by atoms with Crippen LogP contribution >= 0.6 is 11.8 Å². The van der Waals surface area contributed by atoms with Crippen LogP contribution in [-0.2, 0) is 14.8 Å². The number of carbonyl (C=O) groups is 1. The van der Waals surface area contributed by atoms with E-state index in [0.29, 0.717) is 23.4 Å². The van der Waals surface area contributed by atoms with Crippen LogP contribution in [0.3, 0.4) is 0 Å². The van der Waals surface area contributed by atoms with Crippen LogP contribution in [0, 0.1) is 5.41 Å². The fourth-order valence-corrected chi connectivity index (χ4v) is 6.44. The molecule has 0 amide bonds. The highest BCUT2D eigenvalue weighted by Crippen LogP contribution is 2.48. The highest BCUT2D eigenvalue weighted by Gasteiger charge is 2.51. The second-order valence-corrected chi connectivity index (χ2v) is 12.4. The van der Waals surface area contributed by atoms with Crippen molar-refractivity contribution >= 4 is 39.1 Å². The van der Waals surface area contributed by atoms with Crippen molar-refractivity contribution in [2.45, 2.75) is 54.4 Å². The van der Waals surface area contributed by atoms with Crippen molar-refractivity contribution in [1.82, 2.24) is 4.31 Å². The van der Waals surface area contributed by atoms with Crippen LogP contribution < -0.4 is 9.64 Å². The normalized spacial score (nSPS) is 20.9. The van der Waals surface area contributed by atoms with Gasteiger partial charge in [-0.15, -0.1) is 11.8 Å². The number of likely N-dealkylation sites (N-methyl/N-ethyl adjacent to an activating group) is 1. The number of hydrogen-bond acceptors (Lipinski definition) is 6. The molecule has 0 radical (unpaired) electrons. The van der Waals surface area contributed by atoms with E-state index in [1.807, 2.05) is 41.5 Å². The van der Waals surface area contributed by atoms with E-state index in [9.17, 15) is 27.1 Å². The Balaban J connectivity index is 1.80. The van der Waals surface area contributed by atoms with Crippen LogP contribution in [0.15, 0.2) is 52.3 Å². The number of hydrogen-bond donors (Lipinski definition) is 1. The van der Waals surface area contributed by atoms with Gasteiger partial charge >= 0.3 is 5.97 Å². The van der Waals surface area contributed by atoms with Gasteiger partial charge in [0.25, 0.3) is 0 Å². The number of sulfonamides is 1. The lowest BCUT2D eigenvalue weighted by Crippen LogP contribution is -2.41. The molecule has 7 nitrogen and oxygen atoms in total. The standard InChI is InChI=1S/C25H30F2N2O5S2/c1-24(26,27)10-9-18-15-29(17-7-5-4-6-8-17)19-13-21(35-3)20(14-22(19)36(32,33)28(18)2)34-16-25(11-12-25)23(30)31/h4-8,13-14,18H,9-12,15-16H2,1-3H3,(H,30,31)/t18-/m1/s1. The SMILES string of the molecule is CSc1cc2c(cc1OCC1(C(=O)O)CC1)S(=O)(=O)N(C)[C@H](CCC(C)(F)F)CN2c1ccccc1. The van der Waals surface area contributed by atoms with Gasteiger partial charge in [-0.1, -0.05) is 18.2 Å². The zero-order chi connectivity index (χ0) is 26.3. The number of para-hydroxylation sites is 1. The van der Waals surface area contributed by atoms with Gasteiger partial charge in [0.2, 0.25) is 15.9 Å². The molecule has 1 aliphatic heterocycles. The van der Waals surface area contributed by atoms with Gasteiger partial charge in [0.05, 0.1) is 10.6 Å². The summed E-state index contributed by atoms with van der Waals surface area (Å²) >= 11 is 1.36. The lowest BCUT2D eigenvalue weighted by Gasteiger charge is -2.30. The molecule has 1 fully saturated rings. The topological polar surface area (TPSA) is 87.1 Å². The summed E-state index contributed by atoms with van der Waals surface area (Å²) in [6.45, 7) is 0.972. The Morgan fingerprint density at radius 2 is 1.92 bits per heavy atom. The van der Waals surface area contributed by atoms with Crippen LogP contribution in [-0.4, -0.2) is 62.2 Å². The van der Waals surface area contributed by atoms with Gasteiger partial charge in [-0.05, 0) is 50.6 Å². The molecule has 1 N–H and O–H groups in total. The van der Waals surface area contributed by atoms with Gasteiger partial charge in [-0.2, -0.15) is 4.31 Å². The fourth-order valence-electron chi connectivity index (χ4n) is 4.33. The fraction of sp³-hybridized carbons (Fsp3) is 0.480. The Hall–Kier alpha value is -2.37. The number of alkyl halides is 2. The maximum absolute atomic E-state index is 13.8. The molecule has 1 atom stereocenters. The van der Waals surface area contributed by atoms with Crippen molar-refractivity contribution in [3.05, 3.63) is 42.5 Å². The Morgan fingerprint density at radius 1 is 1.25 bits per heavy atom. The summed E-state index contributed by atoms with van der Waals surface area (Å²) in [5, 5.41) is 9.51. The molecular formula is C25H30F2N2O5S2. The van der Waals surface area contributed by atoms with E-state index >= 15 is 0 Å². The van der Waals surface area contributed by atoms with Crippen molar-refractivity contribution in [2.24, 2.45) is 5.41 Å². The van der Waals surface area contributed by atoms with Crippen LogP contribution in [0.5, 0.6) is 5.75 Å². The molecular weight excluding hydrogens is 510 g/mol. The second kappa shape index (κ2) is 9.83. The number of fused-ring (bicyclic) bond motifs is 1. The van der Waals surface area contributed by atoms with Gasteiger partial charge < -0.3 is 14.7 Å². The number of benzene rings is 2. The number of thioether (sulfide) groups is 1. The summed E-state index contributed by atoms with van der Waals surface area (Å²) in [7, 11) is -2.66. The van der Waals surface area contributed by atoms with Gasteiger partial charge in [0, 0.05) is 37.8 Å². The van der Waals surface area contributed by atoms with E-state index in [-0.39, 0.29) is 30.2 Å². The molecule has 0 spiro atoms. The first kappa shape index (κ1) is 26.7. The monoisotopic (exact) mass is 540 g/mol. The van der Waals surface area contributed by atoms with Crippen molar-refractivity contribution in [2.75, 3.05) is 31.4 Å². The molecule has 0 aromatic heterocycles. The van der Waals surface area contributed by atoms with Crippen molar-refractivity contribution in [1.29, 1.82) is 0 Å². The quantitative estimate of drug-likeness (QED) is 0.436. The number of anilines is 2. The summed E-state index contributed by atoms with van der Waals surface area (Å²) < 4.78 is 62.1. The van der Waals surface area contributed by atoms with E-state index in [1.165, 1.54) is 29.2 Å². The summed E-state index contributed by atoms with van der Waals surface area (Å²) in [6, 6.07) is 11.7. The maximum Gasteiger partial charge on any atom is 0.313 e. The van der Waals surface area contributed by atoms with Crippen LogP contribution in [0.25, 0.3) is 0 Å². The molecule has 2 aromatic carbocycles. The number of rotatable bonds is 9. The molecule has 4 rings (SSSR count). The molecule has 1 aliphatic carbocycles. The van der Waals surface area contributed by atoms with E-state index in [2.05, 4.69) is 0 Å². The average Bonchev–Trinajstić information content (AvgIpc) is 3.63. The van der Waals surface area contributed by atoms with Crippen LogP contribution in [0.2, 0.25) is 0 Å². The number of carboxylic acid groups (broad SMARTS) is 1. The van der Waals surface area contributed by atoms with Crippen molar-refractivity contribution in [3.63, 3.8) is 0 Å². The molecule has 11 heteroatoms. The smallest absolute Gasteiger partial charge is 0.313 e. The van der Waals surface area contributed by atoms with Gasteiger partial charge in [-0.25, -0.2) is 17.2 Å². The van der Waals surface area contributed by atoms with Crippen LogP contribution in [0.1, 0.15) is 32.6 Å². The number of aliphatic carboxylic acids is 1. The molecule has 196 valence electrons. The minimum absolute atomic E-state index is 0.00687. The maximum atomic E-state index is 13.8. The predicted octanol–water partition coefficient (Wildman–Crippen LogP) is 5.23. The van der Waals surface area contributed by atoms with E-state index in [4.69, 9.17) is 4.74 Å². The Bertz CT molecular complexity index is 1230. The number of carboxylic acids is 1. The van der Waals surface area contributed by atoms with Crippen molar-refractivity contribution in [3.8, 4) is 5.75 Å². The lowest BCUT2D eigenvalue weighted by molar-refractivity contribution is -0.144. The Kier molecular flexibility index (Phi) is 7.29. The summed E-state index contributed by atoms with van der Waals surface area (Å²) in [5.74, 6) is -3.56. The average molecular weight is 541 g/mol. The summed E-state index contributed by atoms with van der Waals surface area (Å²) in [4.78, 5) is 14.1. The van der Waals surface area contributed by atoms with Gasteiger partial charge in [0.15, 0.2) is 0 Å². The molecule has 2 aliphatic rings. The van der Waals surface area contributed by atoms with E-state index in [0.717, 1.165) is 12.6 Å². The highest BCUT2D eigenvalue weighted by molar-refractivity contribution is 7.98. The van der Waals surface area contributed by atoms with Gasteiger partial charge in [0.1, 0.15) is 22.7 Å². The lowest BCUT2D eigenvalue weighted by atomic mass is 10.1. The van der Waals surface area contributed by atoms with Gasteiger partial charge in [-0.3, -0.25) is 4.79 Å². The third-order valence-electron chi connectivity index (χ3n) is 6.90. The van der Waals surface area contributed by atoms with E-state index < -0.39 is 39.8 Å². The molecule has 2 aromatic rings.